The second-order valence-electron chi connectivity index (χ2n) is 4.76. The number of methoxy groups -OCH3 is 1. The molecule has 0 aliphatic rings. The number of rotatable bonds is 5. The molecule has 1 unspecified atom stereocenters. The largest absolute Gasteiger partial charge is 0.548 e. The topological polar surface area (TPSA) is 66.0 Å². The first-order chi connectivity index (χ1) is 10.5. The molecule has 2 aromatic rings. The maximum atomic E-state index is 10.7. The summed E-state index contributed by atoms with van der Waals surface area (Å²) in [4.78, 5) is 10.7. The molecule has 0 fully saturated rings. The van der Waals surface area contributed by atoms with Crippen LogP contribution in [0, 0.1) is 0 Å². The molecule has 5 heteroatoms. The van der Waals surface area contributed by atoms with Gasteiger partial charge in [0.1, 0.15) is 5.75 Å². The van der Waals surface area contributed by atoms with E-state index in [-0.39, 0.29) is 0 Å². The molecular formula is C17H22ClNO3. The van der Waals surface area contributed by atoms with Gasteiger partial charge in [-0.1, -0.05) is 18.2 Å². The molecule has 0 heterocycles. The van der Waals surface area contributed by atoms with Gasteiger partial charge in [0.25, 0.3) is 0 Å². The molecule has 0 spiro atoms. The second kappa shape index (κ2) is 9.28. The van der Waals surface area contributed by atoms with Crippen LogP contribution in [0.1, 0.15) is 24.8 Å². The minimum absolute atomic E-state index is 0.518. The van der Waals surface area contributed by atoms with E-state index >= 15 is 0 Å². The number of ether oxygens (including phenoxy) is 1. The van der Waals surface area contributed by atoms with Crippen molar-refractivity contribution >= 4 is 28.3 Å². The van der Waals surface area contributed by atoms with Crippen LogP contribution < -0.4 is 15.2 Å². The Balaban J connectivity index is 0.000000422. The van der Waals surface area contributed by atoms with Gasteiger partial charge in [-0.25, -0.2) is 0 Å². The van der Waals surface area contributed by atoms with Crippen molar-refractivity contribution < 1.29 is 20.0 Å². The fourth-order valence-corrected chi connectivity index (χ4v) is 2.09. The predicted octanol–water partition coefficient (Wildman–Crippen LogP) is 1.47. The predicted molar refractivity (Wildman–Crippen MR) is 87.1 cm³/mol. The highest BCUT2D eigenvalue weighted by Crippen LogP contribution is 2.26. The van der Waals surface area contributed by atoms with Crippen molar-refractivity contribution in [3.63, 3.8) is 0 Å². The van der Waals surface area contributed by atoms with Crippen molar-refractivity contribution in [1.82, 2.24) is 0 Å². The van der Waals surface area contributed by atoms with Gasteiger partial charge in [-0.15, -0.1) is 11.6 Å². The van der Waals surface area contributed by atoms with Crippen molar-refractivity contribution in [2.24, 2.45) is 0 Å². The van der Waals surface area contributed by atoms with E-state index < -0.39 is 11.3 Å². The maximum absolute atomic E-state index is 10.7. The summed E-state index contributed by atoms with van der Waals surface area (Å²) in [6.45, 7) is 6.75. The summed E-state index contributed by atoms with van der Waals surface area (Å²) in [6, 6.07) is 10.8. The molecule has 22 heavy (non-hydrogen) atoms. The number of carboxylic acid groups (broad SMARTS) is 1. The van der Waals surface area contributed by atoms with Crippen LogP contribution in [0.2, 0.25) is 0 Å². The number of alkyl halides is 1. The van der Waals surface area contributed by atoms with Crippen molar-refractivity contribution in [1.29, 1.82) is 0 Å². The lowest BCUT2D eigenvalue weighted by Crippen LogP contribution is -2.82. The van der Waals surface area contributed by atoms with E-state index in [0.717, 1.165) is 16.5 Å². The first-order valence-electron chi connectivity index (χ1n) is 7.27. The number of quaternary nitrogens is 1. The lowest BCUT2D eigenvalue weighted by Gasteiger charge is -2.11. The van der Waals surface area contributed by atoms with E-state index in [2.05, 4.69) is 19.2 Å². The number of aliphatic carboxylic acids is 1. The molecule has 0 amide bonds. The van der Waals surface area contributed by atoms with E-state index in [9.17, 15) is 9.90 Å². The molecule has 2 N–H and O–H groups in total. The second-order valence-corrected chi connectivity index (χ2v) is 5.20. The van der Waals surface area contributed by atoms with Crippen LogP contribution in [-0.4, -0.2) is 26.2 Å². The molecule has 0 aliphatic heterocycles. The van der Waals surface area contributed by atoms with E-state index in [0.29, 0.717) is 5.56 Å². The standard InChI is InChI=1S/C13H11ClO3.C4H11N/c1-17-11-5-4-8-6-10(12(14)13(15)16)3-2-9(8)7-11;1-3-5-4-2/h2-7,12H,1H3,(H,15,16);5H,3-4H2,1-2H3. The quantitative estimate of drug-likeness (QED) is 0.847. The highest BCUT2D eigenvalue weighted by atomic mass is 35.5. The Kier molecular flexibility index (Phi) is 7.71. The molecular weight excluding hydrogens is 302 g/mol. The van der Waals surface area contributed by atoms with Gasteiger partial charge in [0, 0.05) is 0 Å². The number of carboxylic acids is 1. The van der Waals surface area contributed by atoms with Gasteiger partial charge in [0.15, 0.2) is 0 Å². The fourth-order valence-electron chi connectivity index (χ4n) is 1.95. The fraction of sp³-hybridized carbons (Fsp3) is 0.353. The number of fused-ring (bicyclic) bond motifs is 1. The monoisotopic (exact) mass is 323 g/mol. The number of hydrogen-bond donors (Lipinski definition) is 1. The van der Waals surface area contributed by atoms with Crippen molar-refractivity contribution in [3.8, 4) is 5.75 Å². The lowest BCUT2D eigenvalue weighted by molar-refractivity contribution is -0.648. The van der Waals surface area contributed by atoms with Crippen LogP contribution in [0.25, 0.3) is 10.8 Å². The Morgan fingerprint density at radius 2 is 1.77 bits per heavy atom. The molecule has 1 atom stereocenters. The van der Waals surface area contributed by atoms with E-state index in [1.54, 1.807) is 19.2 Å². The zero-order valence-corrected chi connectivity index (χ0v) is 13.9. The average molecular weight is 324 g/mol. The molecule has 0 aromatic heterocycles. The summed E-state index contributed by atoms with van der Waals surface area (Å²) < 4.78 is 5.11. The SMILES string of the molecule is CC[NH2+]CC.COc1ccc2cc(C(Cl)C(=O)[O-])ccc2c1. The Morgan fingerprint density at radius 1 is 1.18 bits per heavy atom. The van der Waals surface area contributed by atoms with Gasteiger partial charge < -0.3 is 20.0 Å². The third-order valence-electron chi connectivity index (χ3n) is 3.15. The molecule has 0 radical (unpaired) electrons. The molecule has 0 saturated carbocycles. The third-order valence-corrected chi connectivity index (χ3v) is 3.58. The number of hydrogen-bond acceptors (Lipinski definition) is 3. The Morgan fingerprint density at radius 3 is 2.27 bits per heavy atom. The van der Waals surface area contributed by atoms with Crippen LogP contribution in [0.5, 0.6) is 5.75 Å². The van der Waals surface area contributed by atoms with Crippen molar-refractivity contribution in [3.05, 3.63) is 42.0 Å². The summed E-state index contributed by atoms with van der Waals surface area (Å²) in [5.41, 5.74) is 0.518. The third kappa shape index (κ3) is 5.20. The number of nitrogens with two attached hydrogens (primary N) is 1. The summed E-state index contributed by atoms with van der Waals surface area (Å²) >= 11 is 5.71. The van der Waals surface area contributed by atoms with E-state index in [1.807, 2.05) is 24.3 Å². The van der Waals surface area contributed by atoms with Gasteiger partial charge >= 0.3 is 0 Å². The normalized spacial score (nSPS) is 11.5. The molecule has 2 rings (SSSR count). The molecule has 0 saturated heterocycles. The van der Waals surface area contributed by atoms with Crippen molar-refractivity contribution in [2.45, 2.75) is 19.2 Å². The van der Waals surface area contributed by atoms with Gasteiger partial charge in [-0.05, 0) is 48.4 Å². The van der Waals surface area contributed by atoms with Crippen LogP contribution in [0.3, 0.4) is 0 Å². The first-order valence-corrected chi connectivity index (χ1v) is 7.71. The van der Waals surface area contributed by atoms with Gasteiger partial charge in [-0.3, -0.25) is 0 Å². The highest BCUT2D eigenvalue weighted by Gasteiger charge is 2.09. The number of benzene rings is 2. The molecule has 0 aliphatic carbocycles. The molecule has 120 valence electrons. The Labute approximate surface area is 136 Å². The lowest BCUT2D eigenvalue weighted by atomic mass is 10.0. The van der Waals surface area contributed by atoms with Gasteiger partial charge in [0.2, 0.25) is 0 Å². The first kappa shape index (κ1) is 18.3. The number of halogens is 1. The Hall–Kier alpha value is -1.78. The van der Waals surface area contributed by atoms with E-state index in [1.165, 1.54) is 13.1 Å². The smallest absolute Gasteiger partial charge is 0.119 e. The average Bonchev–Trinajstić information content (AvgIpc) is 2.54. The van der Waals surface area contributed by atoms with E-state index in [4.69, 9.17) is 16.3 Å². The van der Waals surface area contributed by atoms with Crippen LogP contribution in [0.4, 0.5) is 0 Å². The summed E-state index contributed by atoms with van der Waals surface area (Å²) in [5.74, 6) is -0.535. The zero-order chi connectivity index (χ0) is 16.5. The molecule has 0 bridgehead atoms. The minimum Gasteiger partial charge on any atom is -0.548 e. The summed E-state index contributed by atoms with van der Waals surface area (Å²) in [5, 5.41) is 13.7. The minimum atomic E-state index is -1.29. The number of carbonyl (C=O) groups is 1. The number of carbonyl (C=O) groups excluding carboxylic acids is 1. The van der Waals surface area contributed by atoms with Crippen LogP contribution in [0.15, 0.2) is 36.4 Å². The highest BCUT2D eigenvalue weighted by molar-refractivity contribution is 6.29. The Bertz CT molecular complexity index is 614. The van der Waals surface area contributed by atoms with Gasteiger partial charge in [-0.2, -0.15) is 0 Å². The molecule has 4 nitrogen and oxygen atoms in total. The maximum Gasteiger partial charge on any atom is 0.119 e. The van der Waals surface area contributed by atoms with Crippen LogP contribution in [-0.2, 0) is 4.79 Å². The van der Waals surface area contributed by atoms with Crippen molar-refractivity contribution in [2.75, 3.05) is 20.2 Å². The summed E-state index contributed by atoms with van der Waals surface area (Å²) in [7, 11) is 1.60. The zero-order valence-electron chi connectivity index (χ0n) is 13.1. The molecule has 2 aromatic carbocycles. The summed E-state index contributed by atoms with van der Waals surface area (Å²) in [6.07, 6.45) is 0. The van der Waals surface area contributed by atoms with Gasteiger partial charge in [0.05, 0.1) is 31.5 Å². The van der Waals surface area contributed by atoms with Crippen LogP contribution >= 0.6 is 11.6 Å².